The van der Waals surface area contributed by atoms with Crippen molar-refractivity contribution in [3.8, 4) is 5.75 Å². The lowest BCUT2D eigenvalue weighted by atomic mass is 10.3. The molecular weight excluding hydrogens is 184 g/mol. The molecule has 0 aliphatic carbocycles. The molecule has 0 fully saturated rings. The number of benzene rings is 1. The van der Waals surface area contributed by atoms with Crippen LogP contribution < -0.4 is 0 Å². The molecule has 0 saturated heterocycles. The second-order valence-corrected chi connectivity index (χ2v) is 3.07. The molecule has 0 heterocycles. The SMILES string of the molecule is CC.CC.CC(C)C.Oc1ccccc1. The quantitative estimate of drug-likeness (QED) is 0.634. The molecule has 1 aromatic carbocycles. The van der Waals surface area contributed by atoms with E-state index in [9.17, 15) is 0 Å². The lowest BCUT2D eigenvalue weighted by molar-refractivity contribution is 0.475. The van der Waals surface area contributed by atoms with E-state index in [0.29, 0.717) is 5.75 Å². The molecule has 1 rings (SSSR count). The monoisotopic (exact) mass is 212 g/mol. The summed E-state index contributed by atoms with van der Waals surface area (Å²) in [5.74, 6) is 1.16. The van der Waals surface area contributed by atoms with Crippen molar-refractivity contribution in [2.75, 3.05) is 0 Å². The zero-order chi connectivity index (χ0) is 12.7. The van der Waals surface area contributed by atoms with Crippen molar-refractivity contribution < 1.29 is 5.11 Å². The Morgan fingerprint density at radius 3 is 1.20 bits per heavy atom. The molecule has 90 valence electrons. The molecule has 0 aliphatic rings. The minimum absolute atomic E-state index is 0.322. The van der Waals surface area contributed by atoms with E-state index in [-0.39, 0.29) is 0 Å². The number of phenols is 1. The Morgan fingerprint density at radius 1 is 0.800 bits per heavy atom. The number of hydrogen-bond acceptors (Lipinski definition) is 1. The Hall–Kier alpha value is -0.980. The summed E-state index contributed by atoms with van der Waals surface area (Å²) in [6.07, 6.45) is 0. The summed E-state index contributed by atoms with van der Waals surface area (Å²) in [6.45, 7) is 14.5. The summed E-state index contributed by atoms with van der Waals surface area (Å²) in [4.78, 5) is 0. The minimum Gasteiger partial charge on any atom is -0.508 e. The number of rotatable bonds is 0. The molecule has 0 unspecified atom stereocenters. The molecular formula is C14H28O. The maximum Gasteiger partial charge on any atom is 0.115 e. The first kappa shape index (κ1) is 19.6. The van der Waals surface area contributed by atoms with E-state index in [4.69, 9.17) is 5.11 Å². The number of phenolic OH excluding ortho intramolecular Hbond substituents is 1. The van der Waals surface area contributed by atoms with Crippen LogP contribution in [0.15, 0.2) is 30.3 Å². The highest BCUT2D eigenvalue weighted by Crippen LogP contribution is 2.02. The molecule has 15 heavy (non-hydrogen) atoms. The first-order valence-electron chi connectivity index (χ1n) is 5.87. The summed E-state index contributed by atoms with van der Waals surface area (Å²) < 4.78 is 0. The van der Waals surface area contributed by atoms with Gasteiger partial charge in [0.15, 0.2) is 0 Å². The van der Waals surface area contributed by atoms with Crippen molar-refractivity contribution in [3.05, 3.63) is 30.3 Å². The van der Waals surface area contributed by atoms with Gasteiger partial charge in [-0.1, -0.05) is 66.7 Å². The van der Waals surface area contributed by atoms with Gasteiger partial charge in [-0.05, 0) is 18.1 Å². The maximum atomic E-state index is 8.63. The van der Waals surface area contributed by atoms with Gasteiger partial charge in [-0.25, -0.2) is 0 Å². The molecule has 0 bridgehead atoms. The van der Waals surface area contributed by atoms with Gasteiger partial charge in [-0.3, -0.25) is 0 Å². The molecule has 1 N–H and O–H groups in total. The Kier molecular flexibility index (Phi) is 24.4. The van der Waals surface area contributed by atoms with Gasteiger partial charge >= 0.3 is 0 Å². The Bertz CT molecular complexity index is 165. The van der Waals surface area contributed by atoms with E-state index in [1.165, 1.54) is 0 Å². The fraction of sp³-hybridized carbons (Fsp3) is 0.571. The normalized spacial score (nSPS) is 7.20. The Morgan fingerprint density at radius 2 is 1.07 bits per heavy atom. The molecule has 0 aliphatic heterocycles. The van der Waals surface area contributed by atoms with Crippen molar-refractivity contribution >= 4 is 0 Å². The summed E-state index contributed by atoms with van der Waals surface area (Å²) in [7, 11) is 0. The van der Waals surface area contributed by atoms with Gasteiger partial charge in [0.1, 0.15) is 5.75 Å². The van der Waals surface area contributed by atoms with Crippen molar-refractivity contribution in [1.29, 1.82) is 0 Å². The van der Waals surface area contributed by atoms with E-state index in [2.05, 4.69) is 20.8 Å². The predicted octanol–water partition coefficient (Wildman–Crippen LogP) is 5.11. The predicted molar refractivity (Wildman–Crippen MR) is 71.3 cm³/mol. The van der Waals surface area contributed by atoms with Crippen LogP contribution >= 0.6 is 0 Å². The summed E-state index contributed by atoms with van der Waals surface area (Å²) in [6, 6.07) is 8.71. The van der Waals surface area contributed by atoms with Crippen LogP contribution in [0.2, 0.25) is 0 Å². The van der Waals surface area contributed by atoms with Crippen molar-refractivity contribution in [3.63, 3.8) is 0 Å². The van der Waals surface area contributed by atoms with E-state index >= 15 is 0 Å². The fourth-order valence-corrected chi connectivity index (χ4v) is 0.428. The standard InChI is InChI=1S/C6H6O.C4H10.2C2H6/c7-6-4-2-1-3-5-6;1-4(2)3;2*1-2/h1-5,7H;4H,1-3H3;2*1-2H3. The minimum atomic E-state index is 0.322. The van der Waals surface area contributed by atoms with Gasteiger partial charge in [0.2, 0.25) is 0 Å². The van der Waals surface area contributed by atoms with Crippen LogP contribution in [0.4, 0.5) is 0 Å². The number of para-hydroxylation sites is 1. The van der Waals surface area contributed by atoms with Gasteiger partial charge in [-0.2, -0.15) is 0 Å². The van der Waals surface area contributed by atoms with Crippen LogP contribution in [0.1, 0.15) is 48.5 Å². The molecule has 0 spiro atoms. The summed E-state index contributed by atoms with van der Waals surface area (Å²) >= 11 is 0. The highest BCUT2D eigenvalue weighted by atomic mass is 16.3. The van der Waals surface area contributed by atoms with Crippen LogP contribution in [0.25, 0.3) is 0 Å². The summed E-state index contributed by atoms with van der Waals surface area (Å²) in [5, 5.41) is 8.63. The van der Waals surface area contributed by atoms with E-state index in [1.54, 1.807) is 24.3 Å². The van der Waals surface area contributed by atoms with Gasteiger partial charge in [0, 0.05) is 0 Å². The number of hydrogen-bond donors (Lipinski definition) is 1. The molecule has 0 radical (unpaired) electrons. The summed E-state index contributed by atoms with van der Waals surface area (Å²) in [5.41, 5.74) is 0. The molecule has 1 nitrogen and oxygen atoms in total. The lowest BCUT2D eigenvalue weighted by Gasteiger charge is -1.82. The zero-order valence-corrected chi connectivity index (χ0v) is 11.4. The van der Waals surface area contributed by atoms with Crippen LogP contribution in [-0.2, 0) is 0 Å². The third kappa shape index (κ3) is 32.1. The van der Waals surface area contributed by atoms with Gasteiger partial charge in [0.05, 0.1) is 0 Å². The van der Waals surface area contributed by atoms with Crippen molar-refractivity contribution in [2.45, 2.75) is 48.5 Å². The average molecular weight is 212 g/mol. The molecule has 0 aromatic heterocycles. The first-order valence-corrected chi connectivity index (χ1v) is 5.87. The first-order chi connectivity index (χ1) is 7.13. The largest absolute Gasteiger partial charge is 0.508 e. The fourth-order valence-electron chi connectivity index (χ4n) is 0.428. The maximum absolute atomic E-state index is 8.63. The average Bonchev–Trinajstić information content (AvgIpc) is 2.24. The van der Waals surface area contributed by atoms with Crippen molar-refractivity contribution in [1.82, 2.24) is 0 Å². The van der Waals surface area contributed by atoms with E-state index in [1.807, 2.05) is 33.8 Å². The van der Waals surface area contributed by atoms with Gasteiger partial charge in [-0.15, -0.1) is 0 Å². The smallest absolute Gasteiger partial charge is 0.115 e. The second kappa shape index (κ2) is 18.7. The Labute approximate surface area is 96.2 Å². The highest BCUT2D eigenvalue weighted by Gasteiger charge is 1.74. The van der Waals surface area contributed by atoms with Crippen LogP contribution in [0, 0.1) is 5.92 Å². The molecule has 0 atom stereocenters. The molecule has 0 saturated carbocycles. The zero-order valence-electron chi connectivity index (χ0n) is 11.4. The molecule has 1 aromatic rings. The lowest BCUT2D eigenvalue weighted by Crippen LogP contribution is -1.66. The topological polar surface area (TPSA) is 20.2 Å². The van der Waals surface area contributed by atoms with Crippen LogP contribution in [0.3, 0.4) is 0 Å². The molecule has 1 heteroatoms. The third-order valence-corrected chi connectivity index (χ3v) is 0.756. The van der Waals surface area contributed by atoms with E-state index < -0.39 is 0 Å². The molecule has 0 amide bonds. The second-order valence-electron chi connectivity index (χ2n) is 3.07. The van der Waals surface area contributed by atoms with Gasteiger partial charge in [0.25, 0.3) is 0 Å². The van der Waals surface area contributed by atoms with Crippen LogP contribution in [-0.4, -0.2) is 5.11 Å². The highest BCUT2D eigenvalue weighted by molar-refractivity contribution is 5.18. The third-order valence-electron chi connectivity index (χ3n) is 0.756. The van der Waals surface area contributed by atoms with E-state index in [0.717, 1.165) is 5.92 Å². The van der Waals surface area contributed by atoms with Gasteiger partial charge < -0.3 is 5.11 Å². The van der Waals surface area contributed by atoms with Crippen LogP contribution in [0.5, 0.6) is 5.75 Å². The Balaban J connectivity index is -0.000000156. The number of aromatic hydroxyl groups is 1. The van der Waals surface area contributed by atoms with Crippen molar-refractivity contribution in [2.24, 2.45) is 5.92 Å².